The molecule has 0 saturated heterocycles. The minimum absolute atomic E-state index is 0.121. The number of hydrogen-bond acceptors (Lipinski definition) is 3. The molecule has 3 rings (SSSR count). The van der Waals surface area contributed by atoms with Gasteiger partial charge in [-0.3, -0.25) is 4.79 Å². The highest BCUT2D eigenvalue weighted by atomic mass is 16.5. The monoisotopic (exact) mass is 389 g/mol. The van der Waals surface area contributed by atoms with Crippen LogP contribution in [0.1, 0.15) is 30.5 Å². The molecule has 3 aromatic rings. The maximum absolute atomic E-state index is 11.6. The van der Waals surface area contributed by atoms with Gasteiger partial charge in [0.15, 0.2) is 0 Å². The number of aliphatic hydroxyl groups excluding tert-OH is 1. The number of aliphatic hydroxyl groups is 1. The fourth-order valence-corrected chi connectivity index (χ4v) is 3.53. The van der Waals surface area contributed by atoms with Gasteiger partial charge in [0, 0.05) is 5.41 Å². The van der Waals surface area contributed by atoms with Crippen molar-refractivity contribution in [3.63, 3.8) is 0 Å². The second kappa shape index (κ2) is 8.60. The van der Waals surface area contributed by atoms with Crippen molar-refractivity contribution in [1.29, 1.82) is 0 Å². The molecule has 0 heterocycles. The molecule has 0 saturated carbocycles. The number of carbonyl (C=O) groups is 1. The van der Waals surface area contributed by atoms with Gasteiger partial charge in [0.1, 0.15) is 11.7 Å². The Kier molecular flexibility index (Phi) is 6.16. The van der Waals surface area contributed by atoms with Crippen LogP contribution in [0.3, 0.4) is 0 Å². The number of nitrogens with two attached hydrogens (primary N) is 1. The molecule has 0 aliphatic carbocycles. The van der Waals surface area contributed by atoms with Crippen molar-refractivity contribution in [2.45, 2.75) is 25.6 Å². The highest BCUT2D eigenvalue weighted by Crippen LogP contribution is 2.41. The highest BCUT2D eigenvalue weighted by molar-refractivity contribution is 5.79. The van der Waals surface area contributed by atoms with Gasteiger partial charge < -0.3 is 15.6 Å². The molecular formula is C25H27NO3. The quantitative estimate of drug-likeness (QED) is 0.575. The number of carbonyl (C=O) groups excluding carboxylic acids is 1. The lowest BCUT2D eigenvalue weighted by Crippen LogP contribution is -2.46. The maximum Gasteiger partial charge on any atom is 0.246 e. The average molecular weight is 389 g/mol. The summed E-state index contributed by atoms with van der Waals surface area (Å²) >= 11 is 0. The van der Waals surface area contributed by atoms with Crippen LogP contribution in [-0.2, 0) is 15.1 Å². The van der Waals surface area contributed by atoms with E-state index >= 15 is 0 Å². The Morgan fingerprint density at radius 2 is 1.17 bits per heavy atom. The molecule has 29 heavy (non-hydrogen) atoms. The predicted octanol–water partition coefficient (Wildman–Crippen LogP) is 3.87. The second-order valence-electron chi connectivity index (χ2n) is 7.86. The minimum Gasteiger partial charge on any atom is -0.383 e. The molecule has 1 amide bonds. The lowest BCUT2D eigenvalue weighted by molar-refractivity contribution is -0.137. The van der Waals surface area contributed by atoms with E-state index in [1.54, 1.807) is 13.8 Å². The number of rotatable bonds is 8. The summed E-state index contributed by atoms with van der Waals surface area (Å²) in [6, 6.07) is 29.9. The molecule has 1 atom stereocenters. The topological polar surface area (TPSA) is 72.6 Å². The molecule has 0 radical (unpaired) electrons. The molecule has 0 spiro atoms. The van der Waals surface area contributed by atoms with E-state index in [1.165, 1.54) is 0 Å². The summed E-state index contributed by atoms with van der Waals surface area (Å²) in [5.41, 5.74) is 6.46. The van der Waals surface area contributed by atoms with Crippen LogP contribution in [0, 0.1) is 5.41 Å². The lowest BCUT2D eigenvalue weighted by Gasteiger charge is -2.39. The Morgan fingerprint density at radius 3 is 1.48 bits per heavy atom. The fraction of sp³-hybridized carbons (Fsp3) is 0.240. The van der Waals surface area contributed by atoms with Gasteiger partial charge in [0.05, 0.1) is 6.61 Å². The number of amides is 1. The van der Waals surface area contributed by atoms with E-state index < -0.39 is 23.0 Å². The van der Waals surface area contributed by atoms with Gasteiger partial charge in [-0.2, -0.15) is 0 Å². The van der Waals surface area contributed by atoms with Crippen molar-refractivity contribution in [2.75, 3.05) is 6.61 Å². The first-order valence-corrected chi connectivity index (χ1v) is 9.66. The Hall–Kier alpha value is -2.95. The van der Waals surface area contributed by atoms with Crippen LogP contribution in [-0.4, -0.2) is 23.7 Å². The van der Waals surface area contributed by atoms with Gasteiger partial charge in [0.2, 0.25) is 5.91 Å². The predicted molar refractivity (Wildman–Crippen MR) is 114 cm³/mol. The van der Waals surface area contributed by atoms with Crippen molar-refractivity contribution in [3.8, 4) is 0 Å². The zero-order chi connectivity index (χ0) is 20.9. The average Bonchev–Trinajstić information content (AvgIpc) is 2.76. The Morgan fingerprint density at radius 1 is 0.828 bits per heavy atom. The number of hydrogen-bond donors (Lipinski definition) is 2. The summed E-state index contributed by atoms with van der Waals surface area (Å²) < 4.78 is 6.66. The first kappa shape index (κ1) is 20.8. The van der Waals surface area contributed by atoms with Gasteiger partial charge in [-0.25, -0.2) is 0 Å². The molecule has 0 aliphatic heterocycles. The van der Waals surface area contributed by atoms with Crippen LogP contribution in [0.25, 0.3) is 0 Å². The van der Waals surface area contributed by atoms with Gasteiger partial charge in [-0.1, -0.05) is 105 Å². The van der Waals surface area contributed by atoms with E-state index in [9.17, 15) is 9.90 Å². The molecular weight excluding hydrogens is 362 g/mol. The Labute approximate surface area is 172 Å². The molecule has 0 unspecified atom stereocenters. The van der Waals surface area contributed by atoms with Gasteiger partial charge >= 0.3 is 0 Å². The Bertz CT molecular complexity index is 827. The molecule has 150 valence electrons. The zero-order valence-corrected chi connectivity index (χ0v) is 16.8. The van der Waals surface area contributed by atoms with Gasteiger partial charge in [-0.15, -0.1) is 0 Å². The highest BCUT2D eigenvalue weighted by Gasteiger charge is 2.41. The third-order valence-corrected chi connectivity index (χ3v) is 5.21. The third-order valence-electron chi connectivity index (χ3n) is 5.21. The SMILES string of the molecule is CC(C)(COC(c1ccccc1)(c1ccccc1)c1ccccc1)[C@@H](O)C(N)=O. The van der Waals surface area contributed by atoms with Crippen LogP contribution in [0.5, 0.6) is 0 Å². The second-order valence-corrected chi connectivity index (χ2v) is 7.86. The molecule has 3 N–H and O–H groups in total. The normalized spacial score (nSPS) is 13.1. The van der Waals surface area contributed by atoms with E-state index in [1.807, 2.05) is 91.0 Å². The van der Waals surface area contributed by atoms with Crippen LogP contribution in [0.2, 0.25) is 0 Å². The molecule has 0 bridgehead atoms. The first-order chi connectivity index (χ1) is 13.9. The minimum atomic E-state index is -1.32. The smallest absolute Gasteiger partial charge is 0.246 e. The van der Waals surface area contributed by atoms with E-state index in [-0.39, 0.29) is 6.61 Å². The summed E-state index contributed by atoms with van der Waals surface area (Å²) in [5, 5.41) is 10.3. The van der Waals surface area contributed by atoms with E-state index in [0.717, 1.165) is 16.7 Å². The van der Waals surface area contributed by atoms with Crippen LogP contribution in [0.15, 0.2) is 91.0 Å². The number of ether oxygens (including phenoxy) is 1. The zero-order valence-electron chi connectivity index (χ0n) is 16.8. The van der Waals surface area contributed by atoms with E-state index in [2.05, 4.69) is 0 Å². The van der Waals surface area contributed by atoms with Crippen molar-refractivity contribution in [2.24, 2.45) is 11.1 Å². The molecule has 4 heteroatoms. The van der Waals surface area contributed by atoms with E-state index in [4.69, 9.17) is 10.5 Å². The molecule has 0 fully saturated rings. The summed E-state index contributed by atoms with van der Waals surface area (Å²) in [7, 11) is 0. The summed E-state index contributed by atoms with van der Waals surface area (Å²) in [6.45, 7) is 3.66. The van der Waals surface area contributed by atoms with Gasteiger partial charge in [-0.05, 0) is 16.7 Å². The summed E-state index contributed by atoms with van der Waals surface area (Å²) in [6.07, 6.45) is -1.32. The fourth-order valence-electron chi connectivity index (χ4n) is 3.53. The van der Waals surface area contributed by atoms with Crippen molar-refractivity contribution < 1.29 is 14.6 Å². The molecule has 0 aromatic heterocycles. The number of primary amides is 1. The third kappa shape index (κ3) is 4.24. The lowest BCUT2D eigenvalue weighted by atomic mass is 9.79. The van der Waals surface area contributed by atoms with Crippen molar-refractivity contribution in [3.05, 3.63) is 108 Å². The van der Waals surface area contributed by atoms with Crippen LogP contribution in [0.4, 0.5) is 0 Å². The van der Waals surface area contributed by atoms with Crippen molar-refractivity contribution in [1.82, 2.24) is 0 Å². The first-order valence-electron chi connectivity index (χ1n) is 9.66. The molecule has 4 nitrogen and oxygen atoms in total. The summed E-state index contributed by atoms with van der Waals surface area (Å²) in [4.78, 5) is 11.6. The van der Waals surface area contributed by atoms with Crippen LogP contribution >= 0.6 is 0 Å². The Balaban J connectivity index is 2.16. The van der Waals surface area contributed by atoms with E-state index in [0.29, 0.717) is 0 Å². The molecule has 3 aromatic carbocycles. The van der Waals surface area contributed by atoms with Gasteiger partial charge in [0.25, 0.3) is 0 Å². The molecule has 0 aliphatic rings. The number of benzene rings is 3. The summed E-state index contributed by atoms with van der Waals surface area (Å²) in [5.74, 6) is -0.761. The standard InChI is InChI=1S/C25H27NO3/c1-24(2,22(27)23(26)28)18-29-25(19-12-6-3-7-13-19,20-14-8-4-9-15-20)21-16-10-5-11-17-21/h3-17,22,27H,18H2,1-2H3,(H2,26,28)/t22-/m0/s1. The van der Waals surface area contributed by atoms with Crippen LogP contribution < -0.4 is 5.73 Å². The largest absolute Gasteiger partial charge is 0.383 e. The maximum atomic E-state index is 11.6. The van der Waals surface area contributed by atoms with Crippen molar-refractivity contribution >= 4 is 5.91 Å².